The molecule has 0 spiro atoms. The normalized spacial score (nSPS) is 11.8. The van der Waals surface area contributed by atoms with E-state index < -0.39 is 18.6 Å². The van der Waals surface area contributed by atoms with E-state index in [4.69, 9.17) is 0 Å². The molecule has 1 aromatic rings. The largest absolute Gasteiger partial charge is 0.394 e. The summed E-state index contributed by atoms with van der Waals surface area (Å²) in [5, 5.41) is 12.0. The zero-order chi connectivity index (χ0) is 15.7. The van der Waals surface area contributed by atoms with Crippen LogP contribution in [0.15, 0.2) is 24.5 Å². The standard InChI is InChI=1S/C15H23N3O3/c1-3-9-18(10-4-2)15(21)13(11-19)17-14(20)12-5-7-16-8-6-12/h5-8,13,19H,3-4,9-11H2,1-2H3,(H,17,20). The Morgan fingerprint density at radius 3 is 2.29 bits per heavy atom. The van der Waals surface area contributed by atoms with E-state index in [1.165, 1.54) is 12.4 Å². The Labute approximate surface area is 125 Å². The summed E-state index contributed by atoms with van der Waals surface area (Å²) in [5.41, 5.74) is 0.411. The van der Waals surface area contributed by atoms with Gasteiger partial charge in [-0.05, 0) is 25.0 Å². The average molecular weight is 293 g/mol. The molecule has 6 heteroatoms. The molecule has 21 heavy (non-hydrogen) atoms. The van der Waals surface area contributed by atoms with E-state index in [0.29, 0.717) is 18.7 Å². The first-order valence-corrected chi connectivity index (χ1v) is 7.24. The highest BCUT2D eigenvalue weighted by Gasteiger charge is 2.24. The lowest BCUT2D eigenvalue weighted by atomic mass is 10.2. The van der Waals surface area contributed by atoms with Gasteiger partial charge in [-0.1, -0.05) is 13.8 Å². The van der Waals surface area contributed by atoms with Crippen molar-refractivity contribution in [3.8, 4) is 0 Å². The predicted octanol–water partition coefficient (Wildman–Crippen LogP) is 0.821. The summed E-state index contributed by atoms with van der Waals surface area (Å²) in [6.07, 6.45) is 4.68. The Morgan fingerprint density at radius 1 is 1.24 bits per heavy atom. The second kappa shape index (κ2) is 9.07. The van der Waals surface area contributed by atoms with Crippen molar-refractivity contribution in [1.29, 1.82) is 0 Å². The van der Waals surface area contributed by atoms with Crippen molar-refractivity contribution in [1.82, 2.24) is 15.2 Å². The van der Waals surface area contributed by atoms with Gasteiger partial charge in [-0.15, -0.1) is 0 Å². The van der Waals surface area contributed by atoms with Gasteiger partial charge in [0.2, 0.25) is 5.91 Å². The van der Waals surface area contributed by atoms with Gasteiger partial charge in [0.25, 0.3) is 5.91 Å². The number of aliphatic hydroxyl groups excluding tert-OH is 1. The summed E-state index contributed by atoms with van der Waals surface area (Å²) < 4.78 is 0. The van der Waals surface area contributed by atoms with Gasteiger partial charge in [0.15, 0.2) is 0 Å². The number of hydrogen-bond donors (Lipinski definition) is 2. The molecular formula is C15H23N3O3. The van der Waals surface area contributed by atoms with Gasteiger partial charge in [-0.3, -0.25) is 14.6 Å². The third kappa shape index (κ3) is 5.15. The number of nitrogens with one attached hydrogen (secondary N) is 1. The molecule has 1 atom stereocenters. The molecule has 0 saturated heterocycles. The minimum Gasteiger partial charge on any atom is -0.394 e. The SMILES string of the molecule is CCCN(CCC)C(=O)C(CO)NC(=O)c1ccncc1. The van der Waals surface area contributed by atoms with Crippen molar-refractivity contribution in [3.05, 3.63) is 30.1 Å². The second-order valence-electron chi connectivity index (χ2n) is 4.77. The first-order valence-electron chi connectivity index (χ1n) is 7.24. The zero-order valence-electron chi connectivity index (χ0n) is 12.6. The lowest BCUT2D eigenvalue weighted by Gasteiger charge is -2.26. The van der Waals surface area contributed by atoms with Crippen molar-refractivity contribution < 1.29 is 14.7 Å². The number of carbonyl (C=O) groups excluding carboxylic acids is 2. The van der Waals surface area contributed by atoms with Crippen LogP contribution >= 0.6 is 0 Å². The summed E-state index contributed by atoms with van der Waals surface area (Å²) in [5.74, 6) is -0.638. The zero-order valence-corrected chi connectivity index (χ0v) is 12.6. The number of carbonyl (C=O) groups is 2. The maximum atomic E-state index is 12.4. The summed E-state index contributed by atoms with van der Waals surface area (Å²) in [6.45, 7) is 4.79. The van der Waals surface area contributed by atoms with Gasteiger partial charge in [0.1, 0.15) is 6.04 Å². The Balaban J connectivity index is 2.72. The Morgan fingerprint density at radius 2 is 1.81 bits per heavy atom. The van der Waals surface area contributed by atoms with Crippen molar-refractivity contribution in [2.24, 2.45) is 0 Å². The third-order valence-electron chi connectivity index (χ3n) is 3.03. The van der Waals surface area contributed by atoms with Gasteiger partial charge in [-0.25, -0.2) is 0 Å². The molecule has 0 saturated carbocycles. The van der Waals surface area contributed by atoms with Crippen LogP contribution in [0.25, 0.3) is 0 Å². The monoisotopic (exact) mass is 293 g/mol. The Hall–Kier alpha value is -1.95. The number of amides is 2. The van der Waals surface area contributed by atoms with Crippen LogP contribution in [0.4, 0.5) is 0 Å². The summed E-state index contributed by atoms with van der Waals surface area (Å²) in [6, 6.07) is 2.21. The predicted molar refractivity (Wildman–Crippen MR) is 79.7 cm³/mol. The van der Waals surface area contributed by atoms with Crippen LogP contribution in [0.2, 0.25) is 0 Å². The molecule has 0 aliphatic carbocycles. The summed E-state index contributed by atoms with van der Waals surface area (Å²) >= 11 is 0. The van der Waals surface area contributed by atoms with Crippen molar-refractivity contribution >= 4 is 11.8 Å². The van der Waals surface area contributed by atoms with Crippen LogP contribution in [0, 0.1) is 0 Å². The smallest absolute Gasteiger partial charge is 0.252 e. The molecule has 116 valence electrons. The van der Waals surface area contributed by atoms with E-state index >= 15 is 0 Å². The van der Waals surface area contributed by atoms with E-state index in [2.05, 4.69) is 10.3 Å². The molecule has 1 heterocycles. The molecule has 0 aliphatic rings. The van der Waals surface area contributed by atoms with E-state index in [0.717, 1.165) is 12.8 Å². The minimum atomic E-state index is -0.913. The number of hydrogen-bond acceptors (Lipinski definition) is 4. The average Bonchev–Trinajstić information content (AvgIpc) is 2.52. The molecule has 1 rings (SSSR count). The lowest BCUT2D eigenvalue weighted by Crippen LogP contribution is -2.51. The van der Waals surface area contributed by atoms with E-state index in [1.54, 1.807) is 17.0 Å². The second-order valence-corrected chi connectivity index (χ2v) is 4.77. The maximum Gasteiger partial charge on any atom is 0.252 e. The van der Waals surface area contributed by atoms with E-state index in [1.807, 2.05) is 13.8 Å². The highest BCUT2D eigenvalue weighted by atomic mass is 16.3. The summed E-state index contributed by atoms with van der Waals surface area (Å²) in [4.78, 5) is 29.9. The molecule has 0 radical (unpaired) electrons. The molecule has 2 N–H and O–H groups in total. The topological polar surface area (TPSA) is 82.5 Å². The molecule has 6 nitrogen and oxygen atoms in total. The van der Waals surface area contributed by atoms with E-state index in [-0.39, 0.29) is 5.91 Å². The van der Waals surface area contributed by atoms with Gasteiger partial charge in [0, 0.05) is 31.0 Å². The number of pyridine rings is 1. The molecule has 1 unspecified atom stereocenters. The molecule has 1 aromatic heterocycles. The van der Waals surface area contributed by atoms with Gasteiger partial charge in [-0.2, -0.15) is 0 Å². The first-order chi connectivity index (χ1) is 10.1. The highest BCUT2D eigenvalue weighted by molar-refractivity contribution is 5.97. The van der Waals surface area contributed by atoms with Crippen molar-refractivity contribution in [3.63, 3.8) is 0 Å². The summed E-state index contributed by atoms with van der Waals surface area (Å²) in [7, 11) is 0. The number of nitrogens with zero attached hydrogens (tertiary/aromatic N) is 2. The molecular weight excluding hydrogens is 270 g/mol. The minimum absolute atomic E-state index is 0.247. The Kier molecular flexibility index (Phi) is 7.39. The number of rotatable bonds is 8. The fraction of sp³-hybridized carbons (Fsp3) is 0.533. The quantitative estimate of drug-likeness (QED) is 0.743. The molecule has 0 aromatic carbocycles. The van der Waals surface area contributed by atoms with Crippen LogP contribution < -0.4 is 5.32 Å². The fourth-order valence-corrected chi connectivity index (χ4v) is 2.02. The van der Waals surface area contributed by atoms with Gasteiger partial charge >= 0.3 is 0 Å². The highest BCUT2D eigenvalue weighted by Crippen LogP contribution is 2.02. The molecule has 0 fully saturated rings. The van der Waals surface area contributed by atoms with Gasteiger partial charge < -0.3 is 15.3 Å². The van der Waals surface area contributed by atoms with Crippen LogP contribution in [-0.4, -0.2) is 52.5 Å². The van der Waals surface area contributed by atoms with Crippen molar-refractivity contribution in [2.75, 3.05) is 19.7 Å². The van der Waals surface area contributed by atoms with E-state index in [9.17, 15) is 14.7 Å². The van der Waals surface area contributed by atoms with Crippen LogP contribution in [-0.2, 0) is 4.79 Å². The maximum absolute atomic E-state index is 12.4. The van der Waals surface area contributed by atoms with Crippen molar-refractivity contribution in [2.45, 2.75) is 32.7 Å². The van der Waals surface area contributed by atoms with Gasteiger partial charge in [0.05, 0.1) is 6.61 Å². The molecule has 0 aliphatic heterocycles. The van der Waals surface area contributed by atoms with Crippen LogP contribution in [0.1, 0.15) is 37.0 Å². The lowest BCUT2D eigenvalue weighted by molar-refractivity contribution is -0.134. The fourth-order valence-electron chi connectivity index (χ4n) is 2.02. The third-order valence-corrected chi connectivity index (χ3v) is 3.03. The van der Waals surface area contributed by atoms with Crippen LogP contribution in [0.3, 0.4) is 0 Å². The molecule has 2 amide bonds. The first kappa shape index (κ1) is 17.1. The van der Waals surface area contributed by atoms with Crippen LogP contribution in [0.5, 0.6) is 0 Å². The number of aromatic nitrogens is 1. The Bertz CT molecular complexity index is 445. The number of aliphatic hydroxyl groups is 1. The molecule has 0 bridgehead atoms.